The molecule has 0 aromatic heterocycles. The molecular weight excluding hydrogens is 358 g/mol. The molecule has 1 aromatic carbocycles. The number of amides is 3. The monoisotopic (exact) mass is 379 g/mol. The number of unbranched alkanes of at least 4 members (excludes halogenated alkanes) is 1. The van der Waals surface area contributed by atoms with Gasteiger partial charge in [0.05, 0.1) is 11.4 Å². The summed E-state index contributed by atoms with van der Waals surface area (Å²) in [6, 6.07) is 4.12. The summed E-state index contributed by atoms with van der Waals surface area (Å²) < 4.78 is 27.0. The van der Waals surface area contributed by atoms with Crippen LogP contribution < -0.4 is 10.0 Å². The van der Waals surface area contributed by atoms with Crippen molar-refractivity contribution in [2.75, 3.05) is 10.5 Å². The lowest BCUT2D eigenvalue weighted by Crippen LogP contribution is -2.52. The number of rotatable bonds is 6. The van der Waals surface area contributed by atoms with Crippen molar-refractivity contribution >= 4 is 33.4 Å². The van der Waals surface area contributed by atoms with Crippen molar-refractivity contribution < 1.29 is 22.8 Å². The first kappa shape index (κ1) is 18.4. The Morgan fingerprint density at radius 1 is 1.27 bits per heavy atom. The van der Waals surface area contributed by atoms with E-state index in [1.54, 1.807) is 18.2 Å². The molecule has 2 heterocycles. The average Bonchev–Trinajstić information content (AvgIpc) is 2.91. The number of sulfonamides is 1. The Labute approximate surface area is 152 Å². The predicted octanol–water partition coefficient (Wildman–Crippen LogP) is 0.989. The van der Waals surface area contributed by atoms with Gasteiger partial charge in [0.25, 0.3) is 5.91 Å². The van der Waals surface area contributed by atoms with Gasteiger partial charge in [0, 0.05) is 24.1 Å². The van der Waals surface area contributed by atoms with E-state index < -0.39 is 22.0 Å². The van der Waals surface area contributed by atoms with E-state index in [1.807, 2.05) is 6.92 Å². The van der Waals surface area contributed by atoms with Gasteiger partial charge in [-0.1, -0.05) is 19.4 Å². The lowest BCUT2D eigenvalue weighted by atomic mass is 10.0. The van der Waals surface area contributed by atoms with Crippen LogP contribution >= 0.6 is 0 Å². The van der Waals surface area contributed by atoms with Gasteiger partial charge in [-0.25, -0.2) is 8.42 Å². The molecule has 0 bridgehead atoms. The Morgan fingerprint density at radius 2 is 2.04 bits per heavy atom. The molecule has 1 atom stereocenters. The van der Waals surface area contributed by atoms with Gasteiger partial charge in [0.2, 0.25) is 21.8 Å². The summed E-state index contributed by atoms with van der Waals surface area (Å²) >= 11 is 0. The highest BCUT2D eigenvalue weighted by molar-refractivity contribution is 7.92. The summed E-state index contributed by atoms with van der Waals surface area (Å²) in [4.78, 5) is 37.5. The number of carbonyl (C=O) groups is 3. The quantitative estimate of drug-likeness (QED) is 0.716. The van der Waals surface area contributed by atoms with Gasteiger partial charge < -0.3 is 4.90 Å². The maximum absolute atomic E-state index is 12.7. The first-order valence-corrected chi connectivity index (χ1v) is 10.2. The summed E-state index contributed by atoms with van der Waals surface area (Å²) in [6.07, 6.45) is 1.75. The molecule has 0 spiro atoms. The van der Waals surface area contributed by atoms with Crippen LogP contribution in [0, 0.1) is 0 Å². The van der Waals surface area contributed by atoms with E-state index >= 15 is 0 Å². The molecule has 0 saturated carbocycles. The van der Waals surface area contributed by atoms with Crippen molar-refractivity contribution in [1.29, 1.82) is 0 Å². The van der Waals surface area contributed by atoms with Crippen LogP contribution in [-0.4, -0.2) is 42.8 Å². The predicted molar refractivity (Wildman–Crippen MR) is 94.8 cm³/mol. The number of imide groups is 1. The summed E-state index contributed by atoms with van der Waals surface area (Å²) in [5.41, 5.74) is 1.30. The molecular formula is C17H21N3O5S. The van der Waals surface area contributed by atoms with Gasteiger partial charge >= 0.3 is 0 Å². The third-order valence-corrected chi connectivity index (χ3v) is 5.97. The molecule has 8 nitrogen and oxygen atoms in total. The number of hydrogen-bond donors (Lipinski definition) is 2. The van der Waals surface area contributed by atoms with Gasteiger partial charge in [0.1, 0.15) is 6.04 Å². The highest BCUT2D eigenvalue weighted by atomic mass is 32.2. The SMILES string of the molecule is CCCCS(=O)(=O)Nc1cccc2c1CN(C1CCC(=O)NC1=O)C2=O. The molecule has 1 saturated heterocycles. The van der Waals surface area contributed by atoms with Crippen molar-refractivity contribution in [3.8, 4) is 0 Å². The third-order valence-electron chi connectivity index (χ3n) is 4.61. The second-order valence-corrected chi connectivity index (χ2v) is 8.35. The average molecular weight is 379 g/mol. The molecule has 2 aliphatic rings. The molecule has 3 amide bonds. The second kappa shape index (κ2) is 7.06. The van der Waals surface area contributed by atoms with Crippen molar-refractivity contribution in [2.24, 2.45) is 0 Å². The minimum atomic E-state index is -3.50. The highest BCUT2D eigenvalue weighted by Gasteiger charge is 2.40. The lowest BCUT2D eigenvalue weighted by Gasteiger charge is -2.29. The summed E-state index contributed by atoms with van der Waals surface area (Å²) in [7, 11) is -3.50. The first-order valence-electron chi connectivity index (χ1n) is 8.59. The van der Waals surface area contributed by atoms with Crippen molar-refractivity contribution in [2.45, 2.75) is 45.2 Å². The molecule has 140 valence electrons. The van der Waals surface area contributed by atoms with Crippen molar-refractivity contribution in [3.63, 3.8) is 0 Å². The van der Waals surface area contributed by atoms with E-state index in [2.05, 4.69) is 10.0 Å². The topological polar surface area (TPSA) is 113 Å². The van der Waals surface area contributed by atoms with E-state index in [4.69, 9.17) is 0 Å². The van der Waals surface area contributed by atoms with E-state index in [0.717, 1.165) is 6.42 Å². The van der Waals surface area contributed by atoms with Crippen LogP contribution in [-0.2, 0) is 26.2 Å². The zero-order valence-electron chi connectivity index (χ0n) is 14.4. The summed E-state index contributed by atoms with van der Waals surface area (Å²) in [6.45, 7) is 2.04. The van der Waals surface area contributed by atoms with Crippen LogP contribution in [0.25, 0.3) is 0 Å². The Hall–Kier alpha value is -2.42. The number of nitrogens with one attached hydrogen (secondary N) is 2. The molecule has 0 radical (unpaired) electrons. The number of fused-ring (bicyclic) bond motifs is 1. The van der Waals surface area contributed by atoms with Crippen LogP contribution in [0.2, 0.25) is 0 Å². The van der Waals surface area contributed by atoms with Crippen LogP contribution in [0.15, 0.2) is 18.2 Å². The maximum atomic E-state index is 12.7. The molecule has 1 unspecified atom stereocenters. The molecule has 1 aromatic rings. The van der Waals surface area contributed by atoms with Crippen LogP contribution in [0.1, 0.15) is 48.5 Å². The number of piperidine rings is 1. The fourth-order valence-corrected chi connectivity index (χ4v) is 4.53. The maximum Gasteiger partial charge on any atom is 0.255 e. The number of nitrogens with zero attached hydrogens (tertiary/aromatic N) is 1. The smallest absolute Gasteiger partial charge is 0.255 e. The van der Waals surface area contributed by atoms with Crippen molar-refractivity contribution in [1.82, 2.24) is 10.2 Å². The van der Waals surface area contributed by atoms with E-state index in [9.17, 15) is 22.8 Å². The number of anilines is 1. The molecule has 1 fully saturated rings. The molecule has 3 rings (SSSR count). The Morgan fingerprint density at radius 3 is 2.73 bits per heavy atom. The van der Waals surface area contributed by atoms with Crippen LogP contribution in [0.4, 0.5) is 5.69 Å². The zero-order chi connectivity index (χ0) is 18.9. The molecule has 26 heavy (non-hydrogen) atoms. The van der Waals surface area contributed by atoms with Gasteiger partial charge in [-0.2, -0.15) is 0 Å². The van der Waals surface area contributed by atoms with E-state index in [-0.39, 0.29) is 37.0 Å². The zero-order valence-corrected chi connectivity index (χ0v) is 15.3. The number of benzene rings is 1. The summed E-state index contributed by atoms with van der Waals surface area (Å²) in [5.74, 6) is -1.16. The minimum absolute atomic E-state index is 0.0119. The van der Waals surface area contributed by atoms with E-state index in [1.165, 1.54) is 4.90 Å². The Bertz CT molecular complexity index is 865. The fourth-order valence-electron chi connectivity index (χ4n) is 3.23. The summed E-state index contributed by atoms with van der Waals surface area (Å²) in [5, 5.41) is 2.25. The third kappa shape index (κ3) is 3.57. The van der Waals surface area contributed by atoms with Crippen molar-refractivity contribution in [3.05, 3.63) is 29.3 Å². The highest BCUT2D eigenvalue weighted by Crippen LogP contribution is 2.32. The molecule has 2 aliphatic heterocycles. The fraction of sp³-hybridized carbons (Fsp3) is 0.471. The normalized spacial score (nSPS) is 20.1. The van der Waals surface area contributed by atoms with Gasteiger partial charge in [-0.3, -0.25) is 24.4 Å². The molecule has 0 aliphatic carbocycles. The van der Waals surface area contributed by atoms with Gasteiger partial charge in [-0.05, 0) is 25.0 Å². The Balaban J connectivity index is 1.84. The van der Waals surface area contributed by atoms with Crippen LogP contribution in [0.3, 0.4) is 0 Å². The second-order valence-electron chi connectivity index (χ2n) is 6.51. The molecule has 2 N–H and O–H groups in total. The van der Waals surface area contributed by atoms with Gasteiger partial charge in [0.15, 0.2) is 0 Å². The largest absolute Gasteiger partial charge is 0.322 e. The standard InChI is InChI=1S/C17H21N3O5S/c1-2-3-9-26(24,25)19-13-6-4-5-11-12(13)10-20(17(11)23)14-7-8-15(21)18-16(14)22/h4-6,14,19H,2-3,7-10H2,1H3,(H,18,21,22). The van der Waals surface area contributed by atoms with Gasteiger partial charge in [-0.15, -0.1) is 0 Å². The van der Waals surface area contributed by atoms with E-state index in [0.29, 0.717) is 23.2 Å². The minimum Gasteiger partial charge on any atom is -0.322 e. The van der Waals surface area contributed by atoms with Crippen LogP contribution in [0.5, 0.6) is 0 Å². The first-order chi connectivity index (χ1) is 12.3. The number of hydrogen-bond acceptors (Lipinski definition) is 5. The lowest BCUT2D eigenvalue weighted by molar-refractivity contribution is -0.136. The number of carbonyl (C=O) groups excluding carboxylic acids is 3. The Kier molecular flexibility index (Phi) is 4.99. The molecule has 9 heteroatoms.